The lowest BCUT2D eigenvalue weighted by Crippen LogP contribution is -1.85. The quantitative estimate of drug-likeness (QED) is 0.490. The van der Waals surface area contributed by atoms with Gasteiger partial charge in [-0.25, -0.2) is 4.98 Å². The molecule has 2 aromatic carbocycles. The molecular weight excluding hydrogens is 264 g/mol. The predicted octanol–water partition coefficient (Wildman–Crippen LogP) is 2.60. The van der Waals surface area contributed by atoms with Gasteiger partial charge in [0.2, 0.25) is 0 Å². The van der Waals surface area contributed by atoms with Gasteiger partial charge in [-0.05, 0) is 30.3 Å². The molecule has 102 valence electrons. The number of benzene rings is 2. The number of nitrogens with one attached hydrogen (secondary N) is 2. The van der Waals surface area contributed by atoms with E-state index in [1.54, 1.807) is 0 Å². The minimum absolute atomic E-state index is 0.737. The Kier molecular flexibility index (Phi) is 2.47. The number of nitrogens with zero attached hydrogens (tertiary/aromatic N) is 3. The van der Waals surface area contributed by atoms with Crippen molar-refractivity contribution < 1.29 is 0 Å². The third-order valence-corrected chi connectivity index (χ3v) is 3.44. The van der Waals surface area contributed by atoms with Crippen molar-refractivity contribution in [2.45, 2.75) is 0 Å². The van der Waals surface area contributed by atoms with E-state index in [2.05, 4.69) is 25.4 Å². The van der Waals surface area contributed by atoms with Gasteiger partial charge in [-0.3, -0.25) is 10.2 Å². The van der Waals surface area contributed by atoms with E-state index in [0.717, 1.165) is 39.2 Å². The summed E-state index contributed by atoms with van der Waals surface area (Å²) in [5, 5.41) is 15.2. The van der Waals surface area contributed by atoms with Crippen LogP contribution in [0.3, 0.4) is 0 Å². The fourth-order valence-corrected chi connectivity index (χ4v) is 2.37. The Morgan fingerprint density at radius 2 is 1.71 bits per heavy atom. The Morgan fingerprint density at radius 3 is 2.48 bits per heavy atom. The van der Waals surface area contributed by atoms with E-state index < -0.39 is 0 Å². The maximum Gasteiger partial charge on any atom is 0.155 e. The highest BCUT2D eigenvalue weighted by atomic mass is 15.2. The zero-order chi connectivity index (χ0) is 14.2. The van der Waals surface area contributed by atoms with Crippen LogP contribution in [0.4, 0.5) is 5.69 Å². The Labute approximate surface area is 120 Å². The van der Waals surface area contributed by atoms with Crippen LogP contribution < -0.4 is 5.73 Å². The standard InChI is InChI=1S/C15H12N6/c16-11-4-1-9(2-5-11)14-12-7-10(15-17-8-18-21-15)3-6-13(12)19-20-14/h1-8H,16H2,(H,19,20)(H,17,18,21). The molecule has 4 aromatic rings. The lowest BCUT2D eigenvalue weighted by Gasteiger charge is -2.00. The van der Waals surface area contributed by atoms with Crippen molar-refractivity contribution in [2.75, 3.05) is 5.73 Å². The molecule has 0 aliphatic carbocycles. The summed E-state index contributed by atoms with van der Waals surface area (Å²) in [5.41, 5.74) is 10.3. The largest absolute Gasteiger partial charge is 0.399 e. The Morgan fingerprint density at radius 1 is 0.905 bits per heavy atom. The van der Waals surface area contributed by atoms with Crippen molar-refractivity contribution in [2.24, 2.45) is 0 Å². The molecule has 4 rings (SSSR count). The average molecular weight is 276 g/mol. The van der Waals surface area contributed by atoms with Crippen molar-refractivity contribution in [1.82, 2.24) is 25.4 Å². The predicted molar refractivity (Wildman–Crippen MR) is 81.3 cm³/mol. The molecule has 6 nitrogen and oxygen atoms in total. The number of anilines is 1. The molecule has 4 N–H and O–H groups in total. The van der Waals surface area contributed by atoms with Crippen LogP contribution in [0.2, 0.25) is 0 Å². The van der Waals surface area contributed by atoms with Crippen LogP contribution in [-0.4, -0.2) is 25.4 Å². The molecule has 0 radical (unpaired) electrons. The maximum absolute atomic E-state index is 5.73. The number of nitrogen functional groups attached to an aromatic ring is 1. The minimum atomic E-state index is 0.737. The van der Waals surface area contributed by atoms with Crippen LogP contribution in [0.5, 0.6) is 0 Å². The lowest BCUT2D eigenvalue weighted by atomic mass is 10.1. The monoisotopic (exact) mass is 276 g/mol. The van der Waals surface area contributed by atoms with Crippen LogP contribution in [-0.2, 0) is 0 Å². The zero-order valence-corrected chi connectivity index (χ0v) is 11.0. The van der Waals surface area contributed by atoms with E-state index >= 15 is 0 Å². The summed E-state index contributed by atoms with van der Waals surface area (Å²) in [5.74, 6) is 0.737. The van der Waals surface area contributed by atoms with Crippen LogP contribution in [0.15, 0.2) is 48.8 Å². The Hall–Kier alpha value is -3.15. The molecule has 6 heteroatoms. The van der Waals surface area contributed by atoms with Crippen molar-refractivity contribution in [3.05, 3.63) is 48.8 Å². The second-order valence-corrected chi connectivity index (χ2v) is 4.79. The summed E-state index contributed by atoms with van der Waals surface area (Å²) in [7, 11) is 0. The van der Waals surface area contributed by atoms with E-state index in [1.807, 2.05) is 42.5 Å². The molecule has 0 saturated carbocycles. The molecule has 0 fully saturated rings. The molecule has 0 aliphatic rings. The number of fused-ring (bicyclic) bond motifs is 1. The molecule has 21 heavy (non-hydrogen) atoms. The molecule has 0 bridgehead atoms. The molecule has 2 heterocycles. The molecule has 0 aliphatic heterocycles. The molecular formula is C15H12N6. The van der Waals surface area contributed by atoms with Crippen LogP contribution in [0, 0.1) is 0 Å². The van der Waals surface area contributed by atoms with Crippen molar-refractivity contribution in [3.8, 4) is 22.6 Å². The first kappa shape index (κ1) is 11.7. The molecule has 0 saturated heterocycles. The van der Waals surface area contributed by atoms with Crippen LogP contribution in [0.25, 0.3) is 33.5 Å². The number of aromatic nitrogens is 5. The van der Waals surface area contributed by atoms with Gasteiger partial charge in [0, 0.05) is 22.2 Å². The van der Waals surface area contributed by atoms with Gasteiger partial charge in [-0.2, -0.15) is 10.2 Å². The van der Waals surface area contributed by atoms with Crippen molar-refractivity contribution >= 4 is 16.6 Å². The van der Waals surface area contributed by atoms with Gasteiger partial charge in [-0.1, -0.05) is 12.1 Å². The third kappa shape index (κ3) is 1.93. The highest BCUT2D eigenvalue weighted by Gasteiger charge is 2.10. The zero-order valence-electron chi connectivity index (χ0n) is 11.0. The van der Waals surface area contributed by atoms with E-state index in [1.165, 1.54) is 6.33 Å². The fraction of sp³-hybridized carbons (Fsp3) is 0. The average Bonchev–Trinajstić information content (AvgIpc) is 3.17. The lowest BCUT2D eigenvalue weighted by molar-refractivity contribution is 1.10. The van der Waals surface area contributed by atoms with Gasteiger partial charge in [0.1, 0.15) is 6.33 Å². The summed E-state index contributed by atoms with van der Waals surface area (Å²) < 4.78 is 0. The van der Waals surface area contributed by atoms with Gasteiger partial charge >= 0.3 is 0 Å². The van der Waals surface area contributed by atoms with Gasteiger partial charge < -0.3 is 5.73 Å². The molecule has 0 amide bonds. The number of hydrogen-bond donors (Lipinski definition) is 3. The van der Waals surface area contributed by atoms with E-state index in [4.69, 9.17) is 5.73 Å². The van der Waals surface area contributed by atoms with Gasteiger partial charge in [0.25, 0.3) is 0 Å². The number of hydrogen-bond acceptors (Lipinski definition) is 4. The maximum atomic E-state index is 5.73. The van der Waals surface area contributed by atoms with E-state index in [9.17, 15) is 0 Å². The number of H-pyrrole nitrogens is 2. The highest BCUT2D eigenvalue weighted by Crippen LogP contribution is 2.29. The van der Waals surface area contributed by atoms with Gasteiger partial charge in [-0.15, -0.1) is 0 Å². The molecule has 0 atom stereocenters. The van der Waals surface area contributed by atoms with Crippen LogP contribution >= 0.6 is 0 Å². The minimum Gasteiger partial charge on any atom is -0.399 e. The highest BCUT2D eigenvalue weighted by molar-refractivity contribution is 5.95. The first-order chi connectivity index (χ1) is 10.3. The second kappa shape index (κ2) is 4.45. The summed E-state index contributed by atoms with van der Waals surface area (Å²) >= 11 is 0. The van der Waals surface area contributed by atoms with E-state index in [0.29, 0.717) is 0 Å². The topological polar surface area (TPSA) is 96.3 Å². The smallest absolute Gasteiger partial charge is 0.155 e. The molecule has 0 spiro atoms. The summed E-state index contributed by atoms with van der Waals surface area (Å²) in [4.78, 5) is 4.18. The van der Waals surface area contributed by atoms with Gasteiger partial charge in [0.15, 0.2) is 5.82 Å². The van der Waals surface area contributed by atoms with Crippen molar-refractivity contribution in [1.29, 1.82) is 0 Å². The number of aromatic amines is 2. The Bertz CT molecular complexity index is 890. The number of rotatable bonds is 2. The van der Waals surface area contributed by atoms with Gasteiger partial charge in [0.05, 0.1) is 11.2 Å². The third-order valence-electron chi connectivity index (χ3n) is 3.44. The first-order valence-corrected chi connectivity index (χ1v) is 6.51. The molecule has 2 aromatic heterocycles. The summed E-state index contributed by atoms with van der Waals surface area (Å²) in [6.07, 6.45) is 1.50. The summed E-state index contributed by atoms with van der Waals surface area (Å²) in [6.45, 7) is 0. The van der Waals surface area contributed by atoms with Crippen LogP contribution in [0.1, 0.15) is 0 Å². The SMILES string of the molecule is Nc1ccc(-c2n[nH]c3ccc(-c4ncn[nH]4)cc23)cc1. The first-order valence-electron chi connectivity index (χ1n) is 6.51. The molecule has 0 unspecified atom stereocenters. The normalized spacial score (nSPS) is 11.0. The number of nitrogens with two attached hydrogens (primary N) is 1. The Balaban J connectivity index is 1.90. The fourth-order valence-electron chi connectivity index (χ4n) is 2.37. The summed E-state index contributed by atoms with van der Waals surface area (Å²) in [6, 6.07) is 13.7. The van der Waals surface area contributed by atoms with E-state index in [-0.39, 0.29) is 0 Å². The second-order valence-electron chi connectivity index (χ2n) is 4.79. The van der Waals surface area contributed by atoms with Crippen molar-refractivity contribution in [3.63, 3.8) is 0 Å².